The number of rotatable bonds is 4. The number of carbonyl (C=O) groups is 2. The highest BCUT2D eigenvalue weighted by molar-refractivity contribution is 6.02. The van der Waals surface area contributed by atoms with Crippen molar-refractivity contribution in [2.75, 3.05) is 32.7 Å². The summed E-state index contributed by atoms with van der Waals surface area (Å²) in [5.41, 5.74) is 1.98. The van der Waals surface area contributed by atoms with Crippen LogP contribution in [0.4, 0.5) is 0 Å². The molecule has 1 saturated heterocycles. The summed E-state index contributed by atoms with van der Waals surface area (Å²) < 4.78 is 0. The first-order valence-electron chi connectivity index (χ1n) is 10.7. The molecule has 0 atom stereocenters. The number of aromatic amines is 1. The zero-order chi connectivity index (χ0) is 21.3. The van der Waals surface area contributed by atoms with E-state index in [0.29, 0.717) is 37.2 Å². The lowest BCUT2D eigenvalue weighted by Gasteiger charge is -2.35. The summed E-state index contributed by atoms with van der Waals surface area (Å²) in [4.78, 5) is 45.0. The molecule has 1 aromatic heterocycles. The lowest BCUT2D eigenvalue weighted by Crippen LogP contribution is -2.50. The predicted octanol–water partition coefficient (Wildman–Crippen LogP) is 2.53. The fourth-order valence-electron chi connectivity index (χ4n) is 4.46. The van der Waals surface area contributed by atoms with Crippen LogP contribution < -0.4 is 5.56 Å². The van der Waals surface area contributed by atoms with Gasteiger partial charge in [-0.15, -0.1) is 0 Å². The largest absolute Gasteiger partial charge is 0.336 e. The number of ketones is 1. The maximum absolute atomic E-state index is 13.0. The second-order valence-corrected chi connectivity index (χ2v) is 9.21. The lowest BCUT2D eigenvalue weighted by atomic mass is 9.75. The molecule has 6 heteroatoms. The Hall–Kier alpha value is -2.73. The third-order valence-electron chi connectivity index (χ3n) is 6.17. The van der Waals surface area contributed by atoms with Crippen molar-refractivity contribution >= 4 is 11.7 Å². The molecule has 0 spiro atoms. The third-order valence-corrected chi connectivity index (χ3v) is 6.17. The molecule has 30 heavy (non-hydrogen) atoms. The molecular formula is C24H29N3O3. The molecule has 2 aliphatic rings. The first-order valence-corrected chi connectivity index (χ1v) is 10.7. The van der Waals surface area contributed by atoms with E-state index in [1.54, 1.807) is 4.90 Å². The normalized spacial score (nSPS) is 18.9. The van der Waals surface area contributed by atoms with Gasteiger partial charge in [-0.3, -0.25) is 19.3 Å². The van der Waals surface area contributed by atoms with E-state index >= 15 is 0 Å². The van der Waals surface area contributed by atoms with Crippen LogP contribution in [0.2, 0.25) is 0 Å². The number of H-pyrrole nitrogens is 1. The Labute approximate surface area is 176 Å². The monoisotopic (exact) mass is 407 g/mol. The average Bonchev–Trinajstić information content (AvgIpc) is 2.71. The number of nitrogens with zero attached hydrogens (tertiary/aromatic N) is 2. The van der Waals surface area contributed by atoms with Crippen molar-refractivity contribution in [3.8, 4) is 0 Å². The summed E-state index contributed by atoms with van der Waals surface area (Å²) in [6.07, 6.45) is 2.05. The molecule has 4 rings (SSSR count). The van der Waals surface area contributed by atoms with E-state index in [9.17, 15) is 14.4 Å². The number of piperazine rings is 1. The zero-order valence-corrected chi connectivity index (χ0v) is 17.7. The van der Waals surface area contributed by atoms with Gasteiger partial charge < -0.3 is 9.88 Å². The summed E-state index contributed by atoms with van der Waals surface area (Å²) in [6.45, 7) is 7.74. The van der Waals surface area contributed by atoms with Crippen LogP contribution in [-0.2, 0) is 12.8 Å². The van der Waals surface area contributed by atoms with Gasteiger partial charge in [0.15, 0.2) is 5.78 Å². The Morgan fingerprint density at radius 2 is 1.73 bits per heavy atom. The van der Waals surface area contributed by atoms with Crippen LogP contribution in [0.5, 0.6) is 0 Å². The first-order chi connectivity index (χ1) is 14.3. The molecule has 1 fully saturated rings. The molecule has 2 heterocycles. The SMILES string of the molecule is CC1(C)CC(=O)c2cc(C(=O)N3CCN(CCc4ccccc4)CC3)c(=O)[nH]c2C1. The summed E-state index contributed by atoms with van der Waals surface area (Å²) in [6, 6.07) is 11.9. The number of fused-ring (bicyclic) bond motifs is 1. The Morgan fingerprint density at radius 3 is 2.43 bits per heavy atom. The van der Waals surface area contributed by atoms with E-state index in [1.807, 2.05) is 32.0 Å². The van der Waals surface area contributed by atoms with E-state index in [2.05, 4.69) is 22.0 Å². The number of nitrogens with one attached hydrogen (secondary N) is 1. The van der Waals surface area contributed by atoms with E-state index in [1.165, 1.54) is 11.6 Å². The molecule has 0 radical (unpaired) electrons. The second-order valence-electron chi connectivity index (χ2n) is 9.21. The maximum Gasteiger partial charge on any atom is 0.261 e. The van der Waals surface area contributed by atoms with Crippen LogP contribution in [0.15, 0.2) is 41.2 Å². The standard InChI is InChI=1S/C24H29N3O3/c1-24(2)15-20-18(21(28)16-24)14-19(22(29)25-20)23(30)27-12-10-26(11-13-27)9-8-17-6-4-3-5-7-17/h3-7,14H,8-13,15-16H2,1-2H3,(H,25,29). The number of aromatic nitrogens is 1. The van der Waals surface area contributed by atoms with Gasteiger partial charge in [0.2, 0.25) is 0 Å². The number of pyridine rings is 1. The van der Waals surface area contributed by atoms with Crippen molar-refractivity contribution in [2.24, 2.45) is 5.41 Å². The van der Waals surface area contributed by atoms with Gasteiger partial charge in [0.1, 0.15) is 5.56 Å². The zero-order valence-electron chi connectivity index (χ0n) is 17.7. The topological polar surface area (TPSA) is 73.5 Å². The number of amides is 1. The van der Waals surface area contributed by atoms with E-state index in [-0.39, 0.29) is 22.7 Å². The van der Waals surface area contributed by atoms with Crippen molar-refractivity contribution < 1.29 is 9.59 Å². The number of hydrogen-bond acceptors (Lipinski definition) is 4. The van der Waals surface area contributed by atoms with Crippen LogP contribution in [-0.4, -0.2) is 59.2 Å². The van der Waals surface area contributed by atoms with Gasteiger partial charge in [-0.05, 0) is 29.9 Å². The molecule has 6 nitrogen and oxygen atoms in total. The van der Waals surface area contributed by atoms with E-state index in [0.717, 1.165) is 26.1 Å². The van der Waals surface area contributed by atoms with Crippen LogP contribution in [0.25, 0.3) is 0 Å². The smallest absolute Gasteiger partial charge is 0.261 e. The van der Waals surface area contributed by atoms with Gasteiger partial charge >= 0.3 is 0 Å². The summed E-state index contributed by atoms with van der Waals surface area (Å²) >= 11 is 0. The minimum Gasteiger partial charge on any atom is -0.336 e. The highest BCUT2D eigenvalue weighted by atomic mass is 16.2. The van der Waals surface area contributed by atoms with Gasteiger partial charge in [0.25, 0.3) is 11.5 Å². The van der Waals surface area contributed by atoms with E-state index < -0.39 is 5.56 Å². The molecule has 1 aliphatic carbocycles. The number of carbonyl (C=O) groups excluding carboxylic acids is 2. The predicted molar refractivity (Wildman–Crippen MR) is 116 cm³/mol. The quantitative estimate of drug-likeness (QED) is 0.845. The van der Waals surface area contributed by atoms with Crippen LogP contribution >= 0.6 is 0 Å². The number of Topliss-reactive ketones (excluding diaryl/α,β-unsaturated/α-hetero) is 1. The van der Waals surface area contributed by atoms with Gasteiger partial charge in [0, 0.05) is 50.4 Å². The number of hydrogen-bond donors (Lipinski definition) is 1. The summed E-state index contributed by atoms with van der Waals surface area (Å²) in [5, 5.41) is 0. The second kappa shape index (κ2) is 8.19. The van der Waals surface area contributed by atoms with Gasteiger partial charge in [-0.2, -0.15) is 0 Å². The van der Waals surface area contributed by atoms with Crippen LogP contribution in [0.1, 0.15) is 52.2 Å². The summed E-state index contributed by atoms with van der Waals surface area (Å²) in [7, 11) is 0. The molecule has 1 aliphatic heterocycles. The van der Waals surface area contributed by atoms with Gasteiger partial charge in [0.05, 0.1) is 0 Å². The van der Waals surface area contributed by atoms with Crippen molar-refractivity contribution in [3.05, 3.63) is 69.1 Å². The van der Waals surface area contributed by atoms with Crippen LogP contribution in [0.3, 0.4) is 0 Å². The Balaban J connectivity index is 1.40. The summed E-state index contributed by atoms with van der Waals surface area (Å²) in [5.74, 6) is -0.281. The highest BCUT2D eigenvalue weighted by Gasteiger charge is 2.33. The Kier molecular flexibility index (Phi) is 5.60. The van der Waals surface area contributed by atoms with Crippen molar-refractivity contribution in [2.45, 2.75) is 33.1 Å². The maximum atomic E-state index is 13.0. The molecule has 2 aromatic rings. The number of benzene rings is 1. The minimum absolute atomic E-state index is 0.00252. The molecule has 0 bridgehead atoms. The molecule has 0 saturated carbocycles. The highest BCUT2D eigenvalue weighted by Crippen LogP contribution is 2.33. The molecule has 1 aromatic carbocycles. The van der Waals surface area contributed by atoms with Gasteiger partial charge in [-0.25, -0.2) is 0 Å². The average molecular weight is 408 g/mol. The molecule has 0 unspecified atom stereocenters. The van der Waals surface area contributed by atoms with Crippen LogP contribution in [0, 0.1) is 5.41 Å². The lowest BCUT2D eigenvalue weighted by molar-refractivity contribution is 0.0636. The minimum atomic E-state index is -0.393. The van der Waals surface area contributed by atoms with Gasteiger partial charge in [-0.1, -0.05) is 44.2 Å². The third kappa shape index (κ3) is 4.38. The Morgan fingerprint density at radius 1 is 1.03 bits per heavy atom. The first kappa shape index (κ1) is 20.5. The molecular weight excluding hydrogens is 378 g/mol. The molecule has 158 valence electrons. The fourth-order valence-corrected chi connectivity index (χ4v) is 4.46. The fraction of sp³-hybridized carbons (Fsp3) is 0.458. The Bertz CT molecular complexity index is 1000. The molecule has 1 N–H and O–H groups in total. The molecule has 1 amide bonds. The van der Waals surface area contributed by atoms with Crippen molar-refractivity contribution in [3.63, 3.8) is 0 Å². The van der Waals surface area contributed by atoms with E-state index in [4.69, 9.17) is 0 Å². The van der Waals surface area contributed by atoms with Crippen molar-refractivity contribution in [1.82, 2.24) is 14.8 Å². The van der Waals surface area contributed by atoms with Crippen molar-refractivity contribution in [1.29, 1.82) is 0 Å².